The first-order valence-electron chi connectivity index (χ1n) is 5.72. The van der Waals surface area contributed by atoms with Gasteiger partial charge in [0.15, 0.2) is 0 Å². The van der Waals surface area contributed by atoms with Crippen molar-refractivity contribution in [3.05, 3.63) is 28.2 Å². The number of carboxylic acid groups (broad SMARTS) is 1. The molecule has 19 heavy (non-hydrogen) atoms. The molecule has 5 nitrogen and oxygen atoms in total. The van der Waals surface area contributed by atoms with Crippen molar-refractivity contribution in [2.45, 2.75) is 26.8 Å². The molecule has 1 rings (SSSR count). The van der Waals surface area contributed by atoms with Crippen molar-refractivity contribution >= 4 is 33.5 Å². The number of carbonyl (C=O) groups excluding carboxylic acids is 1. The van der Waals surface area contributed by atoms with Crippen LogP contribution >= 0.6 is 15.9 Å². The summed E-state index contributed by atoms with van der Waals surface area (Å²) in [4.78, 5) is 22.9. The van der Waals surface area contributed by atoms with Crippen LogP contribution in [-0.2, 0) is 4.79 Å². The van der Waals surface area contributed by atoms with E-state index >= 15 is 0 Å². The van der Waals surface area contributed by atoms with Crippen LogP contribution in [0.15, 0.2) is 22.7 Å². The largest absolute Gasteiger partial charge is 0.478 e. The van der Waals surface area contributed by atoms with E-state index in [9.17, 15) is 9.59 Å². The fourth-order valence-electron chi connectivity index (χ4n) is 1.36. The van der Waals surface area contributed by atoms with E-state index in [0.29, 0.717) is 10.2 Å². The molecule has 0 fully saturated rings. The standard InChI is InChI=1S/C13H17BrN2O3/c1-13(2,3)10(15)11(17)16-9-6-7(12(18)19)4-5-8(9)14/h4-6,10H,15H2,1-3H3,(H,16,17)(H,18,19). The molecule has 4 N–H and O–H groups in total. The van der Waals surface area contributed by atoms with E-state index in [4.69, 9.17) is 10.8 Å². The smallest absolute Gasteiger partial charge is 0.335 e. The van der Waals surface area contributed by atoms with Crippen LogP contribution in [0.3, 0.4) is 0 Å². The maximum absolute atomic E-state index is 12.0. The van der Waals surface area contributed by atoms with Gasteiger partial charge in [-0.2, -0.15) is 0 Å². The fraction of sp³-hybridized carbons (Fsp3) is 0.385. The van der Waals surface area contributed by atoms with Crippen molar-refractivity contribution in [3.8, 4) is 0 Å². The number of amides is 1. The SMILES string of the molecule is CC(C)(C)C(N)C(=O)Nc1cc(C(=O)O)ccc1Br. The Balaban J connectivity index is 2.96. The van der Waals surface area contributed by atoms with Gasteiger partial charge in [-0.15, -0.1) is 0 Å². The maximum atomic E-state index is 12.0. The summed E-state index contributed by atoms with van der Waals surface area (Å²) >= 11 is 3.26. The van der Waals surface area contributed by atoms with Crippen molar-refractivity contribution in [1.82, 2.24) is 0 Å². The Morgan fingerprint density at radius 1 is 1.37 bits per heavy atom. The van der Waals surface area contributed by atoms with Crippen molar-refractivity contribution in [3.63, 3.8) is 0 Å². The molecule has 0 radical (unpaired) electrons. The molecule has 0 bridgehead atoms. The van der Waals surface area contributed by atoms with Gasteiger partial charge >= 0.3 is 5.97 Å². The number of hydrogen-bond acceptors (Lipinski definition) is 3. The Kier molecular flexibility index (Phi) is 4.70. The van der Waals surface area contributed by atoms with Crippen LogP contribution in [0.2, 0.25) is 0 Å². The summed E-state index contributed by atoms with van der Waals surface area (Å²) in [6.07, 6.45) is 0. The molecule has 0 aliphatic carbocycles. The van der Waals surface area contributed by atoms with E-state index in [1.54, 1.807) is 6.07 Å². The topological polar surface area (TPSA) is 92.4 Å². The molecule has 1 aromatic carbocycles. The number of rotatable bonds is 3. The van der Waals surface area contributed by atoms with Gasteiger partial charge in [0.05, 0.1) is 17.3 Å². The number of halogens is 1. The third-order valence-electron chi connectivity index (χ3n) is 2.69. The molecule has 6 heteroatoms. The molecule has 1 atom stereocenters. The van der Waals surface area contributed by atoms with E-state index in [0.717, 1.165) is 0 Å². The van der Waals surface area contributed by atoms with E-state index in [1.807, 2.05) is 20.8 Å². The second kappa shape index (κ2) is 5.71. The number of carboxylic acids is 1. The van der Waals surface area contributed by atoms with Crippen LogP contribution in [0, 0.1) is 5.41 Å². The highest BCUT2D eigenvalue weighted by atomic mass is 79.9. The van der Waals surface area contributed by atoms with Gasteiger partial charge in [-0.25, -0.2) is 4.79 Å². The molecule has 0 aromatic heterocycles. The summed E-state index contributed by atoms with van der Waals surface area (Å²) in [6, 6.07) is 3.72. The molecule has 1 unspecified atom stereocenters. The quantitative estimate of drug-likeness (QED) is 0.794. The molecule has 0 saturated heterocycles. The Morgan fingerprint density at radius 2 is 1.95 bits per heavy atom. The zero-order valence-electron chi connectivity index (χ0n) is 11.0. The summed E-state index contributed by atoms with van der Waals surface area (Å²) < 4.78 is 0.604. The summed E-state index contributed by atoms with van der Waals surface area (Å²) in [5.74, 6) is -1.40. The molecule has 104 valence electrons. The molecular weight excluding hydrogens is 312 g/mol. The van der Waals surface area contributed by atoms with Gasteiger partial charge < -0.3 is 16.2 Å². The lowest BCUT2D eigenvalue weighted by Gasteiger charge is -2.26. The van der Waals surface area contributed by atoms with Crippen molar-refractivity contribution in [1.29, 1.82) is 0 Å². The van der Waals surface area contributed by atoms with Gasteiger partial charge in [0, 0.05) is 4.47 Å². The number of nitrogens with one attached hydrogen (secondary N) is 1. The minimum absolute atomic E-state index is 0.0998. The average Bonchev–Trinajstić information content (AvgIpc) is 2.29. The first kappa shape index (κ1) is 15.7. The average molecular weight is 329 g/mol. The Morgan fingerprint density at radius 3 is 2.42 bits per heavy atom. The van der Waals surface area contributed by atoms with E-state index in [2.05, 4.69) is 21.2 Å². The fourth-order valence-corrected chi connectivity index (χ4v) is 1.70. The third kappa shape index (κ3) is 4.04. The zero-order valence-corrected chi connectivity index (χ0v) is 12.6. The highest BCUT2D eigenvalue weighted by molar-refractivity contribution is 9.10. The van der Waals surface area contributed by atoms with Gasteiger partial charge in [0.25, 0.3) is 0 Å². The normalized spacial score (nSPS) is 12.9. The van der Waals surface area contributed by atoms with Crippen LogP contribution in [0.4, 0.5) is 5.69 Å². The molecule has 1 aromatic rings. The number of benzene rings is 1. The van der Waals surface area contributed by atoms with Crippen LogP contribution in [0.5, 0.6) is 0 Å². The first-order chi connectivity index (χ1) is 8.62. The Bertz CT molecular complexity index is 509. The second-order valence-corrected chi connectivity index (χ2v) is 6.19. The number of anilines is 1. The lowest BCUT2D eigenvalue weighted by Crippen LogP contribution is -2.45. The van der Waals surface area contributed by atoms with Crippen LogP contribution < -0.4 is 11.1 Å². The summed E-state index contributed by atoms with van der Waals surface area (Å²) in [7, 11) is 0. The lowest BCUT2D eigenvalue weighted by atomic mass is 9.87. The number of nitrogens with two attached hydrogens (primary N) is 1. The lowest BCUT2D eigenvalue weighted by molar-refractivity contribution is -0.119. The predicted octanol–water partition coefficient (Wildman–Crippen LogP) is 2.46. The maximum Gasteiger partial charge on any atom is 0.335 e. The van der Waals surface area contributed by atoms with Gasteiger partial charge in [-0.1, -0.05) is 20.8 Å². The molecule has 0 heterocycles. The highest BCUT2D eigenvalue weighted by Crippen LogP contribution is 2.25. The molecule has 0 aliphatic heterocycles. The van der Waals surface area contributed by atoms with Gasteiger partial charge in [-0.05, 0) is 39.5 Å². The highest BCUT2D eigenvalue weighted by Gasteiger charge is 2.27. The van der Waals surface area contributed by atoms with Gasteiger partial charge in [0.1, 0.15) is 0 Å². The van der Waals surface area contributed by atoms with E-state index < -0.39 is 12.0 Å². The van der Waals surface area contributed by atoms with Crippen LogP contribution in [0.25, 0.3) is 0 Å². The third-order valence-corrected chi connectivity index (χ3v) is 3.38. The molecule has 0 spiro atoms. The summed E-state index contributed by atoms with van der Waals surface area (Å²) in [6.45, 7) is 5.58. The minimum atomic E-state index is -1.05. The Hall–Kier alpha value is -1.40. The molecule has 0 aliphatic rings. The predicted molar refractivity (Wildman–Crippen MR) is 77.2 cm³/mol. The van der Waals surface area contributed by atoms with Gasteiger partial charge in [0.2, 0.25) is 5.91 Å². The van der Waals surface area contributed by atoms with Crippen molar-refractivity contribution < 1.29 is 14.7 Å². The van der Waals surface area contributed by atoms with E-state index in [1.165, 1.54) is 12.1 Å². The molecular formula is C13H17BrN2O3. The Labute approximate surface area is 120 Å². The van der Waals surface area contributed by atoms with Crippen LogP contribution in [-0.4, -0.2) is 23.0 Å². The molecule has 1 amide bonds. The monoisotopic (exact) mass is 328 g/mol. The second-order valence-electron chi connectivity index (χ2n) is 5.33. The first-order valence-corrected chi connectivity index (χ1v) is 6.51. The summed E-state index contributed by atoms with van der Waals surface area (Å²) in [5.41, 5.74) is 5.97. The van der Waals surface area contributed by atoms with E-state index in [-0.39, 0.29) is 16.9 Å². The summed E-state index contributed by atoms with van der Waals surface area (Å²) in [5, 5.41) is 11.6. The van der Waals surface area contributed by atoms with Crippen molar-refractivity contribution in [2.75, 3.05) is 5.32 Å². The van der Waals surface area contributed by atoms with Crippen LogP contribution in [0.1, 0.15) is 31.1 Å². The number of hydrogen-bond donors (Lipinski definition) is 3. The molecule has 0 saturated carbocycles. The number of carbonyl (C=O) groups is 2. The van der Waals surface area contributed by atoms with Gasteiger partial charge in [-0.3, -0.25) is 4.79 Å². The number of aromatic carboxylic acids is 1. The minimum Gasteiger partial charge on any atom is -0.478 e. The van der Waals surface area contributed by atoms with Crippen molar-refractivity contribution in [2.24, 2.45) is 11.1 Å². The zero-order chi connectivity index (χ0) is 14.8.